The highest BCUT2D eigenvalue weighted by molar-refractivity contribution is 6.30. The highest BCUT2D eigenvalue weighted by Crippen LogP contribution is 2.50. The first kappa shape index (κ1) is 18.3. The van der Waals surface area contributed by atoms with Gasteiger partial charge in [-0.2, -0.15) is 5.10 Å². The van der Waals surface area contributed by atoms with Gasteiger partial charge in [0.05, 0.1) is 18.9 Å². The van der Waals surface area contributed by atoms with Gasteiger partial charge < -0.3 is 9.47 Å². The molecule has 6 heteroatoms. The molecule has 0 fully saturated rings. The zero-order valence-electron chi connectivity index (χ0n) is 15.7. The molecule has 2 aliphatic heterocycles. The Kier molecular flexibility index (Phi) is 4.61. The van der Waals surface area contributed by atoms with E-state index in [1.165, 1.54) is 0 Å². The van der Waals surface area contributed by atoms with Crippen LogP contribution in [-0.2, 0) is 0 Å². The van der Waals surface area contributed by atoms with Crippen molar-refractivity contribution in [2.24, 2.45) is 5.10 Å². The molecule has 0 saturated carbocycles. The molecular weight excluding hydrogens is 407 g/mol. The lowest BCUT2D eigenvalue weighted by Crippen LogP contribution is -2.33. The van der Waals surface area contributed by atoms with E-state index in [4.69, 9.17) is 37.8 Å². The van der Waals surface area contributed by atoms with E-state index in [0.717, 1.165) is 40.3 Å². The van der Waals surface area contributed by atoms with Crippen LogP contribution in [-0.4, -0.2) is 17.8 Å². The second kappa shape index (κ2) is 7.29. The van der Waals surface area contributed by atoms with E-state index in [9.17, 15) is 0 Å². The third-order valence-corrected chi connectivity index (χ3v) is 5.84. The van der Waals surface area contributed by atoms with Gasteiger partial charge in [0.25, 0.3) is 0 Å². The number of hydrogen-bond acceptors (Lipinski definition) is 4. The number of fused-ring (bicyclic) bond motifs is 3. The van der Waals surface area contributed by atoms with Gasteiger partial charge in [0.2, 0.25) is 6.23 Å². The van der Waals surface area contributed by atoms with Crippen molar-refractivity contribution in [1.82, 2.24) is 5.01 Å². The van der Waals surface area contributed by atoms with Crippen LogP contribution in [0.2, 0.25) is 10.0 Å². The lowest BCUT2D eigenvalue weighted by molar-refractivity contribution is -0.0208. The highest BCUT2D eigenvalue weighted by atomic mass is 35.5. The zero-order valence-corrected chi connectivity index (χ0v) is 17.2. The number of ether oxygens (including phenoxy) is 2. The fourth-order valence-electron chi connectivity index (χ4n) is 3.91. The highest BCUT2D eigenvalue weighted by Gasteiger charge is 2.42. The van der Waals surface area contributed by atoms with E-state index < -0.39 is 0 Å². The Morgan fingerprint density at radius 3 is 2.34 bits per heavy atom. The number of hydrazone groups is 1. The van der Waals surface area contributed by atoms with E-state index in [2.05, 4.69) is 6.07 Å². The van der Waals surface area contributed by atoms with Gasteiger partial charge in [0.15, 0.2) is 11.5 Å². The molecule has 0 saturated heterocycles. The first-order valence-corrected chi connectivity index (χ1v) is 10.1. The van der Waals surface area contributed by atoms with Crippen molar-refractivity contribution >= 4 is 28.9 Å². The molecule has 2 heterocycles. The number of halogens is 2. The quantitative estimate of drug-likeness (QED) is 0.498. The maximum Gasteiger partial charge on any atom is 0.214 e. The number of para-hydroxylation sites is 1. The van der Waals surface area contributed by atoms with Crippen LogP contribution in [0, 0.1) is 0 Å². The smallest absolute Gasteiger partial charge is 0.214 e. The minimum atomic E-state index is -0.370. The fourth-order valence-corrected chi connectivity index (χ4v) is 4.16. The van der Waals surface area contributed by atoms with Crippen LogP contribution < -0.4 is 9.47 Å². The van der Waals surface area contributed by atoms with Crippen molar-refractivity contribution in [3.05, 3.63) is 93.5 Å². The van der Waals surface area contributed by atoms with E-state index in [-0.39, 0.29) is 12.3 Å². The molecule has 0 bridgehead atoms. The largest absolute Gasteiger partial charge is 0.493 e. The van der Waals surface area contributed by atoms with Gasteiger partial charge in [0.1, 0.15) is 0 Å². The van der Waals surface area contributed by atoms with Crippen LogP contribution in [0.1, 0.15) is 35.4 Å². The molecule has 2 atom stereocenters. The molecule has 0 N–H and O–H groups in total. The Hall–Kier alpha value is -2.69. The van der Waals surface area contributed by atoms with Gasteiger partial charge in [-0.25, -0.2) is 5.01 Å². The van der Waals surface area contributed by atoms with E-state index >= 15 is 0 Å². The van der Waals surface area contributed by atoms with Crippen LogP contribution in [0.3, 0.4) is 0 Å². The molecule has 0 spiro atoms. The average molecular weight is 425 g/mol. The summed E-state index contributed by atoms with van der Waals surface area (Å²) < 4.78 is 12.0. The molecule has 2 aliphatic rings. The molecule has 0 radical (unpaired) electrons. The van der Waals surface area contributed by atoms with Crippen molar-refractivity contribution in [1.29, 1.82) is 0 Å². The average Bonchev–Trinajstić information content (AvgIpc) is 3.19. The number of hydrogen-bond donors (Lipinski definition) is 0. The van der Waals surface area contributed by atoms with Crippen molar-refractivity contribution < 1.29 is 9.47 Å². The summed E-state index contributed by atoms with van der Waals surface area (Å²) in [5, 5.41) is 8.39. The van der Waals surface area contributed by atoms with Crippen molar-refractivity contribution in [3.8, 4) is 11.5 Å². The Bertz CT molecular complexity index is 1080. The summed E-state index contributed by atoms with van der Waals surface area (Å²) in [5.74, 6) is 1.49. The molecule has 0 aliphatic carbocycles. The fraction of sp³-hybridized carbons (Fsp3) is 0.174. The van der Waals surface area contributed by atoms with Crippen LogP contribution in [0.15, 0.2) is 71.8 Å². The topological polar surface area (TPSA) is 34.1 Å². The van der Waals surface area contributed by atoms with Crippen LogP contribution >= 0.6 is 23.2 Å². The summed E-state index contributed by atoms with van der Waals surface area (Å²) >= 11 is 12.2. The van der Waals surface area contributed by atoms with Gasteiger partial charge in [-0.1, -0.05) is 59.6 Å². The monoisotopic (exact) mass is 424 g/mol. The van der Waals surface area contributed by atoms with E-state index in [0.29, 0.717) is 10.0 Å². The molecule has 0 aromatic heterocycles. The maximum absolute atomic E-state index is 6.43. The van der Waals surface area contributed by atoms with Gasteiger partial charge in [-0.3, -0.25) is 0 Å². The Morgan fingerprint density at radius 1 is 0.966 bits per heavy atom. The minimum absolute atomic E-state index is 0.0557. The predicted octanol–water partition coefficient (Wildman–Crippen LogP) is 6.24. The predicted molar refractivity (Wildman–Crippen MR) is 115 cm³/mol. The van der Waals surface area contributed by atoms with Crippen LogP contribution in [0.25, 0.3) is 0 Å². The molecule has 146 valence electrons. The summed E-state index contributed by atoms with van der Waals surface area (Å²) in [6.07, 6.45) is 0.403. The summed E-state index contributed by atoms with van der Waals surface area (Å²) in [6, 6.07) is 21.5. The Balaban J connectivity index is 1.61. The van der Waals surface area contributed by atoms with Gasteiger partial charge in [-0.05, 0) is 35.9 Å². The maximum atomic E-state index is 6.43. The standard InChI is InChI=1S/C23H18Cl2N2O2/c1-28-21-4-2-3-18-20-13-19(14-5-9-16(24)10-6-14)26-27(20)23(29-22(18)21)15-7-11-17(25)12-8-15/h2-12,20,23H,13H2,1H3/t20-,23+/m1/s1. The first-order chi connectivity index (χ1) is 14.1. The molecule has 29 heavy (non-hydrogen) atoms. The van der Waals surface area contributed by atoms with Gasteiger partial charge in [0, 0.05) is 27.6 Å². The summed E-state index contributed by atoms with van der Waals surface area (Å²) in [5.41, 5.74) is 4.12. The second-order valence-electron chi connectivity index (χ2n) is 7.05. The van der Waals surface area contributed by atoms with Crippen molar-refractivity contribution in [3.63, 3.8) is 0 Å². The lowest BCUT2D eigenvalue weighted by atomic mass is 9.95. The molecule has 3 aromatic rings. The SMILES string of the molecule is COc1cccc2c1O[C@@H](c1ccc(Cl)cc1)N1N=C(c3ccc(Cl)cc3)C[C@H]21. The molecule has 3 aromatic carbocycles. The van der Waals surface area contributed by atoms with Crippen molar-refractivity contribution in [2.75, 3.05) is 7.11 Å². The Labute approximate surface area is 179 Å². The third kappa shape index (κ3) is 3.22. The number of methoxy groups -OCH3 is 1. The Morgan fingerprint density at radius 2 is 1.66 bits per heavy atom. The number of benzene rings is 3. The molecule has 0 amide bonds. The summed E-state index contributed by atoms with van der Waals surface area (Å²) in [4.78, 5) is 0. The second-order valence-corrected chi connectivity index (χ2v) is 7.93. The zero-order chi connectivity index (χ0) is 20.0. The first-order valence-electron chi connectivity index (χ1n) is 9.35. The van der Waals surface area contributed by atoms with Gasteiger partial charge >= 0.3 is 0 Å². The minimum Gasteiger partial charge on any atom is -0.493 e. The van der Waals surface area contributed by atoms with Gasteiger partial charge in [-0.15, -0.1) is 0 Å². The number of nitrogens with zero attached hydrogens (tertiary/aromatic N) is 2. The van der Waals surface area contributed by atoms with Crippen molar-refractivity contribution in [2.45, 2.75) is 18.7 Å². The van der Waals surface area contributed by atoms with E-state index in [1.54, 1.807) is 7.11 Å². The molecule has 4 nitrogen and oxygen atoms in total. The lowest BCUT2D eigenvalue weighted by Gasteiger charge is -2.38. The number of rotatable bonds is 3. The molecular formula is C23H18Cl2N2O2. The van der Waals surface area contributed by atoms with Crippen LogP contribution in [0.4, 0.5) is 0 Å². The molecule has 5 rings (SSSR count). The van der Waals surface area contributed by atoms with E-state index in [1.807, 2.05) is 65.7 Å². The third-order valence-electron chi connectivity index (χ3n) is 5.33. The summed E-state index contributed by atoms with van der Waals surface area (Å²) in [7, 11) is 1.66. The molecule has 0 unspecified atom stereocenters. The summed E-state index contributed by atoms with van der Waals surface area (Å²) in [6.45, 7) is 0. The van der Waals surface area contributed by atoms with Crippen LogP contribution in [0.5, 0.6) is 11.5 Å². The normalized spacial score (nSPS) is 19.8.